The number of hydrogen-bond donors (Lipinski definition) is 2. The Morgan fingerprint density at radius 3 is 2.50 bits per heavy atom. The van der Waals surface area contributed by atoms with Crippen LogP contribution in [-0.4, -0.2) is 28.2 Å². The van der Waals surface area contributed by atoms with Gasteiger partial charge in [0.1, 0.15) is 0 Å². The van der Waals surface area contributed by atoms with Gasteiger partial charge in [0, 0.05) is 0 Å². The summed E-state index contributed by atoms with van der Waals surface area (Å²) in [6, 6.07) is 0. The second-order valence-corrected chi connectivity index (χ2v) is 3.52. The molecule has 0 heterocycles. The third-order valence-electron chi connectivity index (χ3n) is 2.03. The van der Waals surface area contributed by atoms with Crippen LogP contribution < -0.4 is 0 Å². The summed E-state index contributed by atoms with van der Waals surface area (Å²) in [6.45, 7) is 3.49. The predicted octanol–water partition coefficient (Wildman–Crippen LogP) is 1.43. The smallest absolute Gasteiger partial charge is 0.152 e. The zero-order chi connectivity index (χ0) is 11.0. The van der Waals surface area contributed by atoms with Gasteiger partial charge in [-0.3, -0.25) is 4.79 Å². The van der Waals surface area contributed by atoms with Gasteiger partial charge in [-0.05, 0) is 19.4 Å². The van der Waals surface area contributed by atoms with Crippen molar-refractivity contribution < 1.29 is 15.0 Å². The number of carbonyl (C=O) groups excluding carboxylic acids is 1. The van der Waals surface area contributed by atoms with Gasteiger partial charge >= 0.3 is 0 Å². The van der Waals surface area contributed by atoms with E-state index in [1.165, 1.54) is 19.1 Å². The Hall–Kier alpha value is -0.670. The molecular formula is C11H20O3. The van der Waals surface area contributed by atoms with Crippen molar-refractivity contribution in [1.82, 2.24) is 0 Å². The summed E-state index contributed by atoms with van der Waals surface area (Å²) in [7, 11) is 0. The number of allylic oxidation sites excluding steroid dienone is 1. The van der Waals surface area contributed by atoms with E-state index in [2.05, 4.69) is 6.92 Å². The van der Waals surface area contributed by atoms with Crippen LogP contribution in [0.4, 0.5) is 0 Å². The van der Waals surface area contributed by atoms with Crippen LogP contribution in [0.5, 0.6) is 0 Å². The van der Waals surface area contributed by atoms with E-state index in [4.69, 9.17) is 0 Å². The molecule has 0 rings (SSSR count). The summed E-state index contributed by atoms with van der Waals surface area (Å²) >= 11 is 0. The van der Waals surface area contributed by atoms with Crippen LogP contribution in [0.1, 0.15) is 39.5 Å². The lowest BCUT2D eigenvalue weighted by atomic mass is 10.1. The average Bonchev–Trinajstić information content (AvgIpc) is 2.14. The van der Waals surface area contributed by atoms with Crippen LogP contribution in [0.3, 0.4) is 0 Å². The van der Waals surface area contributed by atoms with E-state index in [9.17, 15) is 15.0 Å². The van der Waals surface area contributed by atoms with E-state index in [0.717, 1.165) is 19.3 Å². The molecule has 2 atom stereocenters. The van der Waals surface area contributed by atoms with Gasteiger partial charge in [0.05, 0.1) is 12.2 Å². The molecule has 0 aliphatic carbocycles. The molecule has 0 saturated carbocycles. The van der Waals surface area contributed by atoms with E-state index < -0.39 is 12.2 Å². The van der Waals surface area contributed by atoms with Crippen molar-refractivity contribution in [1.29, 1.82) is 0 Å². The maximum atomic E-state index is 10.6. The molecule has 3 heteroatoms. The van der Waals surface area contributed by atoms with E-state index in [1.807, 2.05) is 0 Å². The van der Waals surface area contributed by atoms with E-state index in [0.29, 0.717) is 6.42 Å². The van der Waals surface area contributed by atoms with Gasteiger partial charge in [-0.1, -0.05) is 32.3 Å². The lowest BCUT2D eigenvalue weighted by molar-refractivity contribution is -0.112. The molecule has 0 aromatic rings. The standard InChI is InChI=1S/C11H20O3/c1-3-4-5-6-10(13)11(14)8-7-9(2)12/h7-8,10-11,13-14H,3-6H2,1-2H3/b8-7+. The van der Waals surface area contributed by atoms with Crippen molar-refractivity contribution in [3.05, 3.63) is 12.2 Å². The largest absolute Gasteiger partial charge is 0.390 e. The van der Waals surface area contributed by atoms with Crippen molar-refractivity contribution in [2.45, 2.75) is 51.7 Å². The molecule has 0 amide bonds. The predicted molar refractivity (Wildman–Crippen MR) is 56.0 cm³/mol. The number of unbranched alkanes of at least 4 members (excludes halogenated alkanes) is 2. The summed E-state index contributed by atoms with van der Waals surface area (Å²) < 4.78 is 0. The van der Waals surface area contributed by atoms with Crippen LogP contribution in [0.2, 0.25) is 0 Å². The first-order chi connectivity index (χ1) is 6.57. The minimum atomic E-state index is -0.921. The Bertz CT molecular complexity index is 187. The molecule has 0 fully saturated rings. The minimum Gasteiger partial charge on any atom is -0.390 e. The molecule has 0 aliphatic heterocycles. The quantitative estimate of drug-likeness (QED) is 0.483. The highest BCUT2D eigenvalue weighted by Crippen LogP contribution is 2.07. The van der Waals surface area contributed by atoms with Crippen LogP contribution in [0, 0.1) is 0 Å². The Morgan fingerprint density at radius 1 is 1.36 bits per heavy atom. The van der Waals surface area contributed by atoms with E-state index in [-0.39, 0.29) is 5.78 Å². The number of rotatable bonds is 7. The third kappa shape index (κ3) is 6.80. The topological polar surface area (TPSA) is 57.5 Å². The van der Waals surface area contributed by atoms with Gasteiger partial charge in [0.15, 0.2) is 5.78 Å². The first kappa shape index (κ1) is 13.3. The van der Waals surface area contributed by atoms with Gasteiger partial charge in [-0.25, -0.2) is 0 Å². The summed E-state index contributed by atoms with van der Waals surface area (Å²) in [6.07, 6.45) is 4.59. The fourth-order valence-electron chi connectivity index (χ4n) is 1.14. The van der Waals surface area contributed by atoms with Crippen molar-refractivity contribution in [3.8, 4) is 0 Å². The molecule has 0 bridgehead atoms. The molecular weight excluding hydrogens is 180 g/mol. The van der Waals surface area contributed by atoms with Gasteiger partial charge in [0.2, 0.25) is 0 Å². The molecule has 0 spiro atoms. The summed E-state index contributed by atoms with van der Waals surface area (Å²) in [5, 5.41) is 18.8. The SMILES string of the molecule is CCCCCC(O)C(O)/C=C/C(C)=O. The van der Waals surface area contributed by atoms with E-state index >= 15 is 0 Å². The third-order valence-corrected chi connectivity index (χ3v) is 2.03. The number of hydrogen-bond acceptors (Lipinski definition) is 3. The minimum absolute atomic E-state index is 0.121. The maximum Gasteiger partial charge on any atom is 0.152 e. The molecule has 0 radical (unpaired) electrons. The van der Waals surface area contributed by atoms with Crippen LogP contribution in [0.25, 0.3) is 0 Å². The van der Waals surface area contributed by atoms with Crippen molar-refractivity contribution >= 4 is 5.78 Å². The molecule has 0 saturated heterocycles. The van der Waals surface area contributed by atoms with E-state index in [1.54, 1.807) is 0 Å². The highest BCUT2D eigenvalue weighted by Gasteiger charge is 2.12. The lowest BCUT2D eigenvalue weighted by Crippen LogP contribution is -2.23. The summed E-state index contributed by atoms with van der Waals surface area (Å²) in [5.41, 5.74) is 0. The number of aliphatic hydroxyl groups is 2. The zero-order valence-electron chi connectivity index (χ0n) is 8.94. The highest BCUT2D eigenvalue weighted by molar-refractivity contribution is 5.87. The Morgan fingerprint density at radius 2 is 2.00 bits per heavy atom. The van der Waals surface area contributed by atoms with Crippen LogP contribution in [-0.2, 0) is 4.79 Å². The summed E-state index contributed by atoms with van der Waals surface area (Å²) in [4.78, 5) is 10.6. The van der Waals surface area contributed by atoms with Crippen molar-refractivity contribution in [2.75, 3.05) is 0 Å². The average molecular weight is 200 g/mol. The van der Waals surface area contributed by atoms with Crippen molar-refractivity contribution in [3.63, 3.8) is 0 Å². The fourth-order valence-corrected chi connectivity index (χ4v) is 1.14. The highest BCUT2D eigenvalue weighted by atomic mass is 16.3. The monoisotopic (exact) mass is 200 g/mol. The fraction of sp³-hybridized carbons (Fsp3) is 0.727. The second-order valence-electron chi connectivity index (χ2n) is 3.52. The first-order valence-corrected chi connectivity index (χ1v) is 5.12. The number of ketones is 1. The van der Waals surface area contributed by atoms with Crippen LogP contribution >= 0.6 is 0 Å². The Kier molecular flexibility index (Phi) is 7.34. The normalized spacial score (nSPS) is 15.7. The van der Waals surface area contributed by atoms with Gasteiger partial charge in [-0.15, -0.1) is 0 Å². The molecule has 0 aromatic carbocycles. The zero-order valence-corrected chi connectivity index (χ0v) is 8.94. The van der Waals surface area contributed by atoms with Crippen LogP contribution in [0.15, 0.2) is 12.2 Å². The molecule has 14 heavy (non-hydrogen) atoms. The number of aliphatic hydroxyl groups excluding tert-OH is 2. The molecule has 3 nitrogen and oxygen atoms in total. The molecule has 2 unspecified atom stereocenters. The molecule has 82 valence electrons. The molecule has 2 N–H and O–H groups in total. The maximum absolute atomic E-state index is 10.6. The first-order valence-electron chi connectivity index (χ1n) is 5.12. The Balaban J connectivity index is 3.75. The molecule has 0 aliphatic rings. The Labute approximate surface area is 85.4 Å². The lowest BCUT2D eigenvalue weighted by Gasteiger charge is -2.13. The summed E-state index contributed by atoms with van der Waals surface area (Å²) in [5.74, 6) is -0.121. The molecule has 0 aromatic heterocycles. The van der Waals surface area contributed by atoms with Gasteiger partial charge in [0.25, 0.3) is 0 Å². The van der Waals surface area contributed by atoms with Gasteiger partial charge < -0.3 is 10.2 Å². The van der Waals surface area contributed by atoms with Crippen molar-refractivity contribution in [2.24, 2.45) is 0 Å². The second kappa shape index (κ2) is 7.71. The number of carbonyl (C=O) groups is 1. The van der Waals surface area contributed by atoms with Gasteiger partial charge in [-0.2, -0.15) is 0 Å².